The molecule has 18 heavy (non-hydrogen) atoms. The molecule has 7 heteroatoms. The Labute approximate surface area is 109 Å². The molecule has 0 radical (unpaired) electrons. The summed E-state index contributed by atoms with van der Waals surface area (Å²) in [6, 6.07) is 8.42. The monoisotopic (exact) mass is 270 g/mol. The molecule has 0 bridgehead atoms. The number of carboxylic acid groups (broad SMARTS) is 1. The Kier molecular flexibility index (Phi) is 5.02. The number of thiocarbonyl (C=S) groups is 1. The molecular formula is C11H14N2O4S. The molecule has 2 unspecified atom stereocenters. The van der Waals surface area contributed by atoms with Crippen molar-refractivity contribution in [2.45, 2.75) is 18.2 Å². The van der Waals surface area contributed by atoms with Gasteiger partial charge in [0.05, 0.1) is 5.92 Å². The summed E-state index contributed by atoms with van der Waals surface area (Å²) in [5.41, 5.74) is 5.86. The second kappa shape index (κ2) is 6.29. The number of hydrogen-bond donors (Lipinski definition) is 5. The fraction of sp³-hybridized carbons (Fsp3) is 0.273. The van der Waals surface area contributed by atoms with Crippen molar-refractivity contribution in [2.24, 2.45) is 5.73 Å². The van der Waals surface area contributed by atoms with E-state index in [1.54, 1.807) is 30.3 Å². The van der Waals surface area contributed by atoms with Gasteiger partial charge < -0.3 is 21.1 Å². The van der Waals surface area contributed by atoms with Gasteiger partial charge in [0.15, 0.2) is 0 Å². The molecule has 0 spiro atoms. The van der Waals surface area contributed by atoms with E-state index < -0.39 is 24.3 Å². The number of aliphatic hydroxyl groups is 2. The van der Waals surface area contributed by atoms with E-state index in [2.05, 4.69) is 12.2 Å². The van der Waals surface area contributed by atoms with Crippen molar-refractivity contribution >= 4 is 23.3 Å². The van der Waals surface area contributed by atoms with Crippen LogP contribution in [0.15, 0.2) is 30.3 Å². The van der Waals surface area contributed by atoms with Crippen LogP contribution in [0.3, 0.4) is 0 Å². The minimum absolute atomic E-state index is 0.213. The molecule has 6 N–H and O–H groups in total. The first-order valence-electron chi connectivity index (χ1n) is 5.13. The lowest BCUT2D eigenvalue weighted by Crippen LogP contribution is -2.46. The van der Waals surface area contributed by atoms with Crippen molar-refractivity contribution in [1.82, 2.24) is 5.32 Å². The normalized spacial score (nSPS) is 15.4. The van der Waals surface area contributed by atoms with E-state index in [1.807, 2.05) is 5.32 Å². The van der Waals surface area contributed by atoms with Gasteiger partial charge in [-0.25, -0.2) is 4.79 Å². The molecule has 1 aromatic rings. The molecule has 0 aromatic heterocycles. The van der Waals surface area contributed by atoms with Crippen LogP contribution >= 0.6 is 12.2 Å². The third-order valence-electron chi connectivity index (χ3n) is 2.43. The van der Waals surface area contributed by atoms with Crippen molar-refractivity contribution in [3.63, 3.8) is 0 Å². The maximum Gasteiger partial charge on any atom is 0.406 e. The van der Waals surface area contributed by atoms with Gasteiger partial charge in [-0.3, -0.25) is 5.32 Å². The first kappa shape index (κ1) is 14.4. The van der Waals surface area contributed by atoms with Crippen LogP contribution in [0, 0.1) is 0 Å². The third-order valence-corrected chi connectivity index (χ3v) is 2.67. The predicted molar refractivity (Wildman–Crippen MR) is 69.1 cm³/mol. The zero-order valence-corrected chi connectivity index (χ0v) is 10.2. The van der Waals surface area contributed by atoms with Crippen LogP contribution in [0.25, 0.3) is 0 Å². The van der Waals surface area contributed by atoms with E-state index in [9.17, 15) is 15.0 Å². The second-order valence-corrected chi connectivity index (χ2v) is 4.15. The lowest BCUT2D eigenvalue weighted by atomic mass is 9.91. The van der Waals surface area contributed by atoms with Crippen LogP contribution in [-0.4, -0.2) is 38.7 Å². The van der Waals surface area contributed by atoms with Crippen molar-refractivity contribution in [1.29, 1.82) is 0 Å². The molecule has 0 aliphatic carbocycles. The van der Waals surface area contributed by atoms with Gasteiger partial charge >= 0.3 is 6.09 Å². The lowest BCUT2D eigenvalue weighted by Gasteiger charge is -2.27. The quantitative estimate of drug-likeness (QED) is 0.380. The Morgan fingerprint density at radius 2 is 1.83 bits per heavy atom. The number of nitrogens with two attached hydrogens (primary N) is 1. The second-order valence-electron chi connectivity index (χ2n) is 3.68. The van der Waals surface area contributed by atoms with Crippen molar-refractivity contribution in [3.8, 4) is 0 Å². The third kappa shape index (κ3) is 3.66. The molecule has 0 aliphatic heterocycles. The van der Waals surface area contributed by atoms with E-state index in [0.717, 1.165) is 0 Å². The molecule has 1 amide bonds. The highest BCUT2D eigenvalue weighted by atomic mass is 32.1. The summed E-state index contributed by atoms with van der Waals surface area (Å²) in [6.07, 6.45) is -4.25. The maximum atomic E-state index is 10.5. The van der Waals surface area contributed by atoms with Gasteiger partial charge in [-0.2, -0.15) is 0 Å². The van der Waals surface area contributed by atoms with Gasteiger partial charge in [0, 0.05) is 0 Å². The van der Waals surface area contributed by atoms with Gasteiger partial charge in [0.2, 0.25) is 0 Å². The smallest absolute Gasteiger partial charge is 0.406 e. The molecule has 0 saturated heterocycles. The fourth-order valence-electron chi connectivity index (χ4n) is 1.61. The minimum Gasteiger partial charge on any atom is -0.465 e. The van der Waals surface area contributed by atoms with Gasteiger partial charge in [0.1, 0.15) is 17.3 Å². The Hall–Kier alpha value is -1.70. The van der Waals surface area contributed by atoms with Crippen LogP contribution in [-0.2, 0) is 0 Å². The molecule has 6 nitrogen and oxygen atoms in total. The van der Waals surface area contributed by atoms with Gasteiger partial charge in [-0.05, 0) is 5.56 Å². The summed E-state index contributed by atoms with van der Waals surface area (Å²) in [5.74, 6) is -0.959. The molecule has 0 heterocycles. The van der Waals surface area contributed by atoms with E-state index in [1.165, 1.54) is 0 Å². The van der Waals surface area contributed by atoms with Crippen LogP contribution in [0.1, 0.15) is 11.5 Å². The summed E-state index contributed by atoms with van der Waals surface area (Å²) in [7, 11) is 0. The molecular weight excluding hydrogens is 256 g/mol. The van der Waals surface area contributed by atoms with Crippen LogP contribution in [0.2, 0.25) is 0 Å². The van der Waals surface area contributed by atoms with E-state index >= 15 is 0 Å². The summed E-state index contributed by atoms with van der Waals surface area (Å²) in [4.78, 5) is 10.3. The number of carbonyl (C=O) groups is 1. The number of rotatable bonds is 5. The highest BCUT2D eigenvalue weighted by molar-refractivity contribution is 7.80. The Balaban J connectivity index is 3.02. The minimum atomic E-state index is -1.51. The first-order chi connectivity index (χ1) is 8.43. The summed E-state index contributed by atoms with van der Waals surface area (Å²) in [6.45, 7) is 0. The topological polar surface area (TPSA) is 116 Å². The SMILES string of the molecule is NC(=S)C(O)C(c1ccccc1)[C@@H](O)NC(=O)O. The van der Waals surface area contributed by atoms with E-state index in [-0.39, 0.29) is 4.99 Å². The molecule has 1 aromatic carbocycles. The summed E-state index contributed by atoms with van der Waals surface area (Å²) in [5, 5.41) is 30.1. The predicted octanol–water partition coefficient (Wildman–Crippen LogP) is 0.00320. The molecule has 0 aliphatic rings. The Bertz CT molecular complexity index is 426. The standard InChI is InChI=1S/C11H14N2O4S/c12-9(18)8(14)7(10(15)13-11(16)17)6-4-2-1-3-5-6/h1-5,7-8,10,13-15H,(H2,12,18)(H,16,17)/t7?,8?,10-/m1/s1. The summed E-state index contributed by atoms with van der Waals surface area (Å²) < 4.78 is 0. The number of nitrogens with one attached hydrogen (secondary N) is 1. The van der Waals surface area contributed by atoms with Crippen molar-refractivity contribution in [2.75, 3.05) is 0 Å². The number of hydrogen-bond acceptors (Lipinski definition) is 4. The molecule has 3 atom stereocenters. The van der Waals surface area contributed by atoms with Gasteiger partial charge in [0.25, 0.3) is 0 Å². The lowest BCUT2D eigenvalue weighted by molar-refractivity contribution is 0.0597. The van der Waals surface area contributed by atoms with Gasteiger partial charge in [-0.15, -0.1) is 0 Å². The molecule has 98 valence electrons. The Morgan fingerprint density at radius 1 is 1.28 bits per heavy atom. The van der Waals surface area contributed by atoms with Crippen LogP contribution in [0.4, 0.5) is 4.79 Å². The van der Waals surface area contributed by atoms with Crippen LogP contribution in [0.5, 0.6) is 0 Å². The Morgan fingerprint density at radius 3 is 2.28 bits per heavy atom. The highest BCUT2D eigenvalue weighted by Crippen LogP contribution is 2.23. The van der Waals surface area contributed by atoms with Gasteiger partial charge in [-0.1, -0.05) is 42.5 Å². The number of amides is 1. The largest absolute Gasteiger partial charge is 0.465 e. The molecule has 1 rings (SSSR count). The zero-order chi connectivity index (χ0) is 13.7. The van der Waals surface area contributed by atoms with E-state index in [4.69, 9.17) is 10.8 Å². The zero-order valence-electron chi connectivity index (χ0n) is 9.35. The van der Waals surface area contributed by atoms with Crippen LogP contribution < -0.4 is 11.1 Å². The molecule has 0 saturated carbocycles. The maximum absolute atomic E-state index is 10.5. The number of aliphatic hydroxyl groups excluding tert-OH is 2. The fourth-order valence-corrected chi connectivity index (χ4v) is 1.75. The summed E-state index contributed by atoms with van der Waals surface area (Å²) >= 11 is 4.67. The first-order valence-corrected chi connectivity index (χ1v) is 5.54. The van der Waals surface area contributed by atoms with Crippen molar-refractivity contribution in [3.05, 3.63) is 35.9 Å². The molecule has 0 fully saturated rings. The highest BCUT2D eigenvalue weighted by Gasteiger charge is 2.31. The van der Waals surface area contributed by atoms with E-state index in [0.29, 0.717) is 5.56 Å². The number of benzene rings is 1. The average molecular weight is 270 g/mol. The van der Waals surface area contributed by atoms with Crippen molar-refractivity contribution < 1.29 is 20.1 Å². The average Bonchev–Trinajstić information content (AvgIpc) is 2.29.